The second-order valence-corrected chi connectivity index (χ2v) is 4.75. The van der Waals surface area contributed by atoms with E-state index in [0.29, 0.717) is 12.0 Å². The fourth-order valence-corrected chi connectivity index (χ4v) is 2.23. The van der Waals surface area contributed by atoms with E-state index < -0.39 is 0 Å². The van der Waals surface area contributed by atoms with Crippen molar-refractivity contribution in [3.63, 3.8) is 0 Å². The summed E-state index contributed by atoms with van der Waals surface area (Å²) in [6.07, 6.45) is 2.19. The largest absolute Gasteiger partial charge is 0.324 e. The summed E-state index contributed by atoms with van der Waals surface area (Å²) < 4.78 is 0. The van der Waals surface area contributed by atoms with E-state index in [9.17, 15) is 9.59 Å². The van der Waals surface area contributed by atoms with Gasteiger partial charge in [-0.2, -0.15) is 0 Å². The van der Waals surface area contributed by atoms with Crippen molar-refractivity contribution in [1.82, 2.24) is 4.90 Å². The van der Waals surface area contributed by atoms with Gasteiger partial charge in [-0.25, -0.2) is 0 Å². The second-order valence-electron chi connectivity index (χ2n) is 4.75. The molecule has 2 N–H and O–H groups in total. The van der Waals surface area contributed by atoms with Crippen LogP contribution < -0.4 is 5.73 Å². The van der Waals surface area contributed by atoms with Gasteiger partial charge in [0.1, 0.15) is 0 Å². The first-order valence-corrected chi connectivity index (χ1v) is 6.24. The van der Waals surface area contributed by atoms with Crippen LogP contribution in [0.4, 0.5) is 0 Å². The molecule has 0 fully saturated rings. The number of nitrogens with zero attached hydrogens (tertiary/aromatic N) is 1. The van der Waals surface area contributed by atoms with E-state index in [0.717, 1.165) is 24.0 Å². The van der Waals surface area contributed by atoms with Crippen molar-refractivity contribution >= 4 is 11.8 Å². The maximum Gasteiger partial charge on any atom is 0.260 e. The summed E-state index contributed by atoms with van der Waals surface area (Å²) in [6, 6.07) is 5.56. The maximum absolute atomic E-state index is 12.0. The number of amides is 2. The van der Waals surface area contributed by atoms with Crippen LogP contribution >= 0.6 is 0 Å². The number of hydrogen-bond donors (Lipinski definition) is 1. The van der Waals surface area contributed by atoms with Gasteiger partial charge in [0.25, 0.3) is 5.91 Å². The highest BCUT2D eigenvalue weighted by atomic mass is 16.2. The molecule has 1 aliphatic rings. The number of imide groups is 1. The molecule has 0 aliphatic carbocycles. The molecular weight excluding hydrogens is 228 g/mol. The van der Waals surface area contributed by atoms with Crippen molar-refractivity contribution in [3.8, 4) is 0 Å². The van der Waals surface area contributed by atoms with E-state index in [4.69, 9.17) is 5.73 Å². The van der Waals surface area contributed by atoms with Crippen LogP contribution in [-0.2, 0) is 11.2 Å². The Hall–Kier alpha value is -1.68. The molecule has 4 heteroatoms. The summed E-state index contributed by atoms with van der Waals surface area (Å²) in [6.45, 7) is 2.08. The van der Waals surface area contributed by atoms with Gasteiger partial charge < -0.3 is 5.73 Å². The SMILES string of the molecule is CCCC(N)c1ccc2c(c1)C(=O)N(C)C(=O)C2. The molecule has 4 nitrogen and oxygen atoms in total. The first-order chi connectivity index (χ1) is 8.54. The van der Waals surface area contributed by atoms with Crippen molar-refractivity contribution in [2.45, 2.75) is 32.2 Å². The summed E-state index contributed by atoms with van der Waals surface area (Å²) in [7, 11) is 1.52. The average molecular weight is 246 g/mol. The van der Waals surface area contributed by atoms with E-state index in [1.807, 2.05) is 18.2 Å². The second kappa shape index (κ2) is 4.90. The molecule has 0 saturated heterocycles. The van der Waals surface area contributed by atoms with Gasteiger partial charge in [-0.15, -0.1) is 0 Å². The highest BCUT2D eigenvalue weighted by Gasteiger charge is 2.28. The first-order valence-electron chi connectivity index (χ1n) is 6.24. The van der Waals surface area contributed by atoms with Gasteiger partial charge >= 0.3 is 0 Å². The van der Waals surface area contributed by atoms with Crippen LogP contribution in [0.1, 0.15) is 47.3 Å². The van der Waals surface area contributed by atoms with E-state index in [1.54, 1.807) is 0 Å². The molecule has 1 aromatic rings. The van der Waals surface area contributed by atoms with Gasteiger partial charge in [-0.05, 0) is 23.6 Å². The summed E-state index contributed by atoms with van der Waals surface area (Å²) in [4.78, 5) is 24.8. The Morgan fingerprint density at radius 3 is 2.78 bits per heavy atom. The molecule has 1 unspecified atom stereocenters. The van der Waals surface area contributed by atoms with Crippen LogP contribution in [0.15, 0.2) is 18.2 Å². The number of rotatable bonds is 3. The molecule has 0 saturated carbocycles. The molecule has 1 heterocycles. The minimum atomic E-state index is -0.230. The molecular formula is C14H18N2O2. The van der Waals surface area contributed by atoms with Crippen LogP contribution in [0.3, 0.4) is 0 Å². The number of likely N-dealkylation sites (N-methyl/N-ethyl adjacent to an activating group) is 1. The third kappa shape index (κ3) is 2.16. The van der Waals surface area contributed by atoms with Gasteiger partial charge in [-0.3, -0.25) is 14.5 Å². The first kappa shape index (κ1) is 12.8. The number of carbonyl (C=O) groups excluding carboxylic acids is 2. The Balaban J connectivity index is 2.37. The van der Waals surface area contributed by atoms with Gasteiger partial charge in [0.15, 0.2) is 0 Å². The van der Waals surface area contributed by atoms with Crippen LogP contribution in [-0.4, -0.2) is 23.8 Å². The molecule has 2 rings (SSSR count). The van der Waals surface area contributed by atoms with E-state index in [1.165, 1.54) is 11.9 Å². The zero-order chi connectivity index (χ0) is 13.3. The third-order valence-electron chi connectivity index (χ3n) is 3.41. The standard InChI is InChI=1S/C14H18N2O2/c1-3-4-12(15)10-6-5-9-8-13(17)16(2)14(18)11(9)7-10/h5-7,12H,3-4,8,15H2,1-2H3. The van der Waals surface area contributed by atoms with E-state index in [-0.39, 0.29) is 17.9 Å². The predicted octanol–water partition coefficient (Wildman–Crippen LogP) is 1.64. The zero-order valence-electron chi connectivity index (χ0n) is 10.8. The van der Waals surface area contributed by atoms with Crippen LogP contribution in [0, 0.1) is 0 Å². The van der Waals surface area contributed by atoms with Crippen molar-refractivity contribution < 1.29 is 9.59 Å². The van der Waals surface area contributed by atoms with Gasteiger partial charge in [-0.1, -0.05) is 25.5 Å². The summed E-state index contributed by atoms with van der Waals surface area (Å²) in [5.41, 5.74) is 8.43. The Kier molecular flexibility index (Phi) is 3.48. The molecule has 0 radical (unpaired) electrons. The van der Waals surface area contributed by atoms with Crippen LogP contribution in [0.25, 0.3) is 0 Å². The topological polar surface area (TPSA) is 63.4 Å². The fraction of sp³-hybridized carbons (Fsp3) is 0.429. The molecule has 0 spiro atoms. The minimum absolute atomic E-state index is 0.0453. The van der Waals surface area contributed by atoms with Crippen LogP contribution in [0.2, 0.25) is 0 Å². The van der Waals surface area contributed by atoms with Gasteiger partial charge in [0.05, 0.1) is 6.42 Å². The average Bonchev–Trinajstić information content (AvgIpc) is 2.36. The number of hydrogen-bond acceptors (Lipinski definition) is 3. The highest BCUT2D eigenvalue weighted by Crippen LogP contribution is 2.24. The Morgan fingerprint density at radius 2 is 2.11 bits per heavy atom. The lowest BCUT2D eigenvalue weighted by atomic mass is 9.93. The highest BCUT2D eigenvalue weighted by molar-refractivity contribution is 6.09. The smallest absolute Gasteiger partial charge is 0.260 e. The summed E-state index contributed by atoms with van der Waals surface area (Å²) >= 11 is 0. The molecule has 1 aromatic carbocycles. The van der Waals surface area contributed by atoms with Crippen molar-refractivity contribution in [2.75, 3.05) is 7.05 Å². The molecule has 1 atom stereocenters. The third-order valence-corrected chi connectivity index (χ3v) is 3.41. The Labute approximate surface area is 107 Å². The lowest BCUT2D eigenvalue weighted by molar-refractivity contribution is -0.127. The molecule has 0 bridgehead atoms. The lowest BCUT2D eigenvalue weighted by Crippen LogP contribution is -2.39. The maximum atomic E-state index is 12.0. The lowest BCUT2D eigenvalue weighted by Gasteiger charge is -2.24. The number of fused-ring (bicyclic) bond motifs is 1. The van der Waals surface area contributed by atoms with E-state index in [2.05, 4.69) is 6.92 Å². The van der Waals surface area contributed by atoms with Gasteiger partial charge in [0.2, 0.25) is 5.91 Å². The summed E-state index contributed by atoms with van der Waals surface area (Å²) in [5.74, 6) is -0.384. The van der Waals surface area contributed by atoms with Crippen LogP contribution in [0.5, 0.6) is 0 Å². The van der Waals surface area contributed by atoms with E-state index >= 15 is 0 Å². The molecule has 96 valence electrons. The van der Waals surface area contributed by atoms with Crippen molar-refractivity contribution in [2.24, 2.45) is 5.73 Å². The Morgan fingerprint density at radius 1 is 1.39 bits per heavy atom. The molecule has 0 aromatic heterocycles. The van der Waals surface area contributed by atoms with Crippen molar-refractivity contribution in [1.29, 1.82) is 0 Å². The number of benzene rings is 1. The number of nitrogens with two attached hydrogens (primary N) is 1. The van der Waals surface area contributed by atoms with Crippen molar-refractivity contribution in [3.05, 3.63) is 34.9 Å². The normalized spacial score (nSPS) is 16.7. The predicted molar refractivity (Wildman–Crippen MR) is 69.1 cm³/mol. The monoisotopic (exact) mass is 246 g/mol. The molecule has 1 aliphatic heterocycles. The fourth-order valence-electron chi connectivity index (χ4n) is 2.23. The number of carbonyl (C=O) groups is 2. The minimum Gasteiger partial charge on any atom is -0.324 e. The molecule has 18 heavy (non-hydrogen) atoms. The van der Waals surface area contributed by atoms with Gasteiger partial charge in [0, 0.05) is 18.7 Å². The molecule has 2 amide bonds. The Bertz CT molecular complexity index is 497. The quantitative estimate of drug-likeness (QED) is 0.825. The summed E-state index contributed by atoms with van der Waals surface area (Å²) in [5, 5.41) is 0. The zero-order valence-corrected chi connectivity index (χ0v) is 10.8.